The molecule has 6 nitrogen and oxygen atoms in total. The summed E-state index contributed by atoms with van der Waals surface area (Å²) in [5, 5.41) is 12.1. The minimum absolute atomic E-state index is 0.105. The number of rotatable bonds is 11. The summed E-state index contributed by atoms with van der Waals surface area (Å²) in [7, 11) is 5.48. The van der Waals surface area contributed by atoms with E-state index in [9.17, 15) is 9.90 Å². The van der Waals surface area contributed by atoms with E-state index >= 15 is 0 Å². The average Bonchev–Trinajstić information content (AvgIpc) is 3.64. The molecule has 1 aromatic heterocycles. The molecule has 238 valence electrons. The molecule has 0 spiro atoms. The number of methoxy groups -OCH3 is 2. The average molecular weight is 690 g/mol. The van der Waals surface area contributed by atoms with Crippen LogP contribution in [0.1, 0.15) is 50.6 Å². The van der Waals surface area contributed by atoms with Crippen molar-refractivity contribution >= 4 is 44.0 Å². The van der Waals surface area contributed by atoms with E-state index in [0.717, 1.165) is 83.9 Å². The van der Waals surface area contributed by atoms with E-state index in [2.05, 4.69) is 99.2 Å². The molecule has 0 atom stereocenters. The van der Waals surface area contributed by atoms with Gasteiger partial charge in [-0.25, -0.2) is 0 Å². The van der Waals surface area contributed by atoms with Gasteiger partial charge in [0, 0.05) is 52.4 Å². The fraction of sp³-hybridized carbons (Fsp3) is 0.225. The molecule has 7 heteroatoms. The summed E-state index contributed by atoms with van der Waals surface area (Å²) in [5.41, 5.74) is 10.8. The van der Waals surface area contributed by atoms with Crippen LogP contribution in [-0.4, -0.2) is 48.7 Å². The van der Waals surface area contributed by atoms with Gasteiger partial charge >= 0.3 is 0 Å². The van der Waals surface area contributed by atoms with Crippen molar-refractivity contribution in [3.8, 4) is 22.6 Å². The number of carbonyl (C=O) groups is 1. The highest BCUT2D eigenvalue weighted by atomic mass is 79.9. The summed E-state index contributed by atoms with van der Waals surface area (Å²) < 4.78 is 14.3. The second-order valence-corrected chi connectivity index (χ2v) is 13.1. The summed E-state index contributed by atoms with van der Waals surface area (Å²) >= 11 is 3.73. The minimum atomic E-state index is -0.114. The van der Waals surface area contributed by atoms with Crippen molar-refractivity contribution in [1.29, 1.82) is 0 Å². The monoisotopic (exact) mass is 688 g/mol. The van der Waals surface area contributed by atoms with Crippen molar-refractivity contribution in [3.63, 3.8) is 0 Å². The van der Waals surface area contributed by atoms with E-state index in [1.54, 1.807) is 14.2 Å². The molecule has 0 unspecified atom stereocenters. The van der Waals surface area contributed by atoms with Gasteiger partial charge in [-0.15, -0.1) is 0 Å². The fourth-order valence-electron chi connectivity index (χ4n) is 7.47. The molecule has 1 heterocycles. The van der Waals surface area contributed by atoms with Gasteiger partial charge in [-0.1, -0.05) is 64.5 Å². The lowest BCUT2D eigenvalue weighted by Crippen LogP contribution is -2.26. The van der Waals surface area contributed by atoms with Crippen molar-refractivity contribution in [2.45, 2.75) is 32.0 Å². The SMILES string of the molecule is COc1ccc(C(c2ccc(OC)cc2)N(C)Cc2c(C=O)c3c(c4c2c2cc(Br)ccc2n4CCCO)Cc2ccccc2-3)cc1. The van der Waals surface area contributed by atoms with Crippen molar-refractivity contribution in [3.05, 3.63) is 129 Å². The lowest BCUT2D eigenvalue weighted by Gasteiger charge is -2.30. The first-order valence-corrected chi connectivity index (χ1v) is 16.7. The number of fused-ring (bicyclic) bond motifs is 7. The number of nitrogens with zero attached hydrogens (tertiary/aromatic N) is 2. The second-order valence-electron chi connectivity index (χ2n) is 12.2. The largest absolute Gasteiger partial charge is 0.497 e. The molecule has 6 aromatic rings. The third-order valence-electron chi connectivity index (χ3n) is 9.53. The van der Waals surface area contributed by atoms with Crippen LogP contribution in [0, 0.1) is 0 Å². The Hall–Kier alpha value is -4.43. The lowest BCUT2D eigenvalue weighted by atomic mass is 9.90. The number of hydrogen-bond donors (Lipinski definition) is 1. The minimum Gasteiger partial charge on any atom is -0.497 e. The van der Waals surface area contributed by atoms with Crippen molar-refractivity contribution < 1.29 is 19.4 Å². The van der Waals surface area contributed by atoms with Gasteiger partial charge in [0.1, 0.15) is 11.5 Å². The highest BCUT2D eigenvalue weighted by molar-refractivity contribution is 9.10. The number of hydrogen-bond acceptors (Lipinski definition) is 5. The summed E-state index contributed by atoms with van der Waals surface area (Å²) in [6.45, 7) is 1.30. The molecule has 0 saturated heterocycles. The van der Waals surface area contributed by atoms with Gasteiger partial charge in [0.15, 0.2) is 6.29 Å². The number of aryl methyl sites for hydroxylation is 1. The van der Waals surface area contributed by atoms with Crippen LogP contribution in [0.15, 0.2) is 95.5 Å². The maximum atomic E-state index is 13.4. The van der Waals surface area contributed by atoms with E-state index < -0.39 is 0 Å². The summed E-state index contributed by atoms with van der Waals surface area (Å²) in [6, 6.07) is 31.1. The third kappa shape index (κ3) is 5.42. The molecule has 0 bridgehead atoms. The molecule has 1 N–H and O–H groups in total. The van der Waals surface area contributed by atoms with Crippen LogP contribution >= 0.6 is 15.9 Å². The number of aromatic nitrogens is 1. The Morgan fingerprint density at radius 1 is 0.936 bits per heavy atom. The number of carbonyl (C=O) groups excluding carboxylic acids is 1. The Morgan fingerprint density at radius 3 is 2.21 bits per heavy atom. The van der Waals surface area contributed by atoms with Crippen LogP contribution in [-0.2, 0) is 19.5 Å². The van der Waals surface area contributed by atoms with E-state index in [4.69, 9.17) is 9.47 Å². The molecule has 0 radical (unpaired) electrons. The molecule has 5 aromatic carbocycles. The molecule has 0 aliphatic heterocycles. The molecule has 7 rings (SSSR count). The number of aldehydes is 1. The van der Waals surface area contributed by atoms with Gasteiger partial charge in [0.05, 0.1) is 25.8 Å². The van der Waals surface area contributed by atoms with Crippen molar-refractivity contribution in [2.75, 3.05) is 27.9 Å². The van der Waals surface area contributed by atoms with Crippen LogP contribution in [0.25, 0.3) is 32.9 Å². The van der Waals surface area contributed by atoms with Crippen molar-refractivity contribution in [2.24, 2.45) is 0 Å². The van der Waals surface area contributed by atoms with Gasteiger partial charge in [0.25, 0.3) is 0 Å². The summed E-state index contributed by atoms with van der Waals surface area (Å²) in [4.78, 5) is 15.7. The smallest absolute Gasteiger partial charge is 0.151 e. The van der Waals surface area contributed by atoms with E-state index in [-0.39, 0.29) is 12.6 Å². The molecule has 1 aliphatic carbocycles. The fourth-order valence-corrected chi connectivity index (χ4v) is 7.83. The Balaban J connectivity index is 1.49. The molecule has 0 fully saturated rings. The Labute approximate surface area is 283 Å². The highest BCUT2D eigenvalue weighted by Crippen LogP contribution is 2.48. The van der Waals surface area contributed by atoms with E-state index in [0.29, 0.717) is 19.5 Å². The zero-order valence-corrected chi connectivity index (χ0v) is 28.4. The summed E-state index contributed by atoms with van der Waals surface area (Å²) in [5.74, 6) is 1.60. The van der Waals surface area contributed by atoms with Gasteiger partial charge in [-0.2, -0.15) is 0 Å². The number of aliphatic hydroxyl groups is 1. The maximum absolute atomic E-state index is 13.4. The maximum Gasteiger partial charge on any atom is 0.151 e. The first kappa shape index (κ1) is 31.2. The molecule has 0 amide bonds. The molecular weight excluding hydrogens is 652 g/mol. The van der Waals surface area contributed by atoms with Gasteiger partial charge < -0.3 is 19.1 Å². The van der Waals surface area contributed by atoms with Crippen LogP contribution in [0.5, 0.6) is 11.5 Å². The number of ether oxygens (including phenoxy) is 2. The quantitative estimate of drug-likeness (QED) is 0.138. The predicted octanol–water partition coefficient (Wildman–Crippen LogP) is 8.56. The first-order valence-electron chi connectivity index (χ1n) is 15.9. The Morgan fingerprint density at radius 2 is 1.60 bits per heavy atom. The number of halogens is 1. The van der Waals surface area contributed by atoms with Crippen LogP contribution < -0.4 is 9.47 Å². The van der Waals surface area contributed by atoms with Crippen LogP contribution in [0.3, 0.4) is 0 Å². The van der Waals surface area contributed by atoms with Crippen molar-refractivity contribution in [1.82, 2.24) is 9.47 Å². The Kier molecular flexibility index (Phi) is 8.62. The number of aliphatic hydroxyl groups excluding tert-OH is 1. The van der Waals surface area contributed by atoms with E-state index in [1.165, 1.54) is 11.1 Å². The zero-order chi connectivity index (χ0) is 32.7. The second kappa shape index (κ2) is 13.0. The van der Waals surface area contributed by atoms with Gasteiger partial charge in [0.2, 0.25) is 0 Å². The zero-order valence-electron chi connectivity index (χ0n) is 26.8. The highest BCUT2D eigenvalue weighted by Gasteiger charge is 2.32. The topological polar surface area (TPSA) is 63.9 Å². The standard InChI is InChI=1S/C40H37BrN2O4/c1-42(39(25-9-14-29(46-2)15-10-25)26-11-16-30(47-3)17-12-26)23-34-35(24-45)37-31-8-5-4-7-27(31)21-33(37)40-38(34)32-22-28(41)13-18-36(32)43(40)19-6-20-44/h4-5,7-18,22,24,39,44H,6,19-21,23H2,1-3H3. The van der Waals surface area contributed by atoms with E-state index in [1.807, 2.05) is 24.3 Å². The first-order chi connectivity index (χ1) is 23.0. The molecule has 1 aliphatic rings. The number of benzene rings is 5. The molecule has 47 heavy (non-hydrogen) atoms. The third-order valence-corrected chi connectivity index (χ3v) is 10.0. The molecule has 0 saturated carbocycles. The predicted molar refractivity (Wildman–Crippen MR) is 192 cm³/mol. The molecular formula is C40H37BrN2O4. The normalized spacial score (nSPS) is 12.2. The Bertz CT molecular complexity index is 2050. The van der Waals surface area contributed by atoms with Crippen LogP contribution in [0.4, 0.5) is 0 Å². The van der Waals surface area contributed by atoms with Gasteiger partial charge in [-0.05, 0) is 94.9 Å². The lowest BCUT2D eigenvalue weighted by molar-refractivity contribution is 0.112. The van der Waals surface area contributed by atoms with Gasteiger partial charge in [-0.3, -0.25) is 9.69 Å². The van der Waals surface area contributed by atoms with Crippen LogP contribution in [0.2, 0.25) is 0 Å². The summed E-state index contributed by atoms with van der Waals surface area (Å²) in [6.07, 6.45) is 2.46.